The summed E-state index contributed by atoms with van der Waals surface area (Å²) in [5.74, 6) is 2.14. The molecule has 0 N–H and O–H groups in total. The largest absolute Gasteiger partial charge is 0.243 e. The molecule has 1 aromatic rings. The Bertz CT molecular complexity index is 644. The minimum Gasteiger partial charge on any atom is -0.207 e. The lowest BCUT2D eigenvalue weighted by molar-refractivity contribution is 0.280. The van der Waals surface area contributed by atoms with Gasteiger partial charge in [0, 0.05) is 18.1 Å². The first-order chi connectivity index (χ1) is 9.88. The van der Waals surface area contributed by atoms with Gasteiger partial charge in [0.05, 0.1) is 4.90 Å². The molecule has 3 rings (SSSR count). The molecular formula is C16H22BrNO2S. The molecule has 0 aliphatic heterocycles. The van der Waals surface area contributed by atoms with Crippen LogP contribution >= 0.6 is 15.9 Å². The highest BCUT2D eigenvalue weighted by molar-refractivity contribution is 9.10. The van der Waals surface area contributed by atoms with Crippen molar-refractivity contribution >= 4 is 26.0 Å². The third-order valence-electron chi connectivity index (χ3n) is 5.15. The van der Waals surface area contributed by atoms with Crippen LogP contribution in [0, 0.1) is 24.7 Å². The topological polar surface area (TPSA) is 37.4 Å². The van der Waals surface area contributed by atoms with E-state index in [-0.39, 0.29) is 0 Å². The second-order valence-electron chi connectivity index (χ2n) is 6.65. The fourth-order valence-corrected chi connectivity index (χ4v) is 6.39. The van der Waals surface area contributed by atoms with E-state index >= 15 is 0 Å². The summed E-state index contributed by atoms with van der Waals surface area (Å²) in [6.07, 6.45) is 5.16. The third kappa shape index (κ3) is 2.92. The van der Waals surface area contributed by atoms with Crippen LogP contribution in [0.4, 0.5) is 0 Å². The molecule has 3 atom stereocenters. The van der Waals surface area contributed by atoms with Crippen molar-refractivity contribution in [2.75, 3.05) is 13.6 Å². The molecule has 2 saturated carbocycles. The summed E-state index contributed by atoms with van der Waals surface area (Å²) in [6, 6.07) is 5.41. The van der Waals surface area contributed by atoms with Gasteiger partial charge in [-0.3, -0.25) is 0 Å². The molecule has 0 aromatic heterocycles. The molecule has 0 spiro atoms. The van der Waals surface area contributed by atoms with Gasteiger partial charge >= 0.3 is 0 Å². The Balaban J connectivity index is 1.78. The summed E-state index contributed by atoms with van der Waals surface area (Å²) < 4.78 is 27.7. The number of nitrogens with zero attached hydrogens (tertiary/aromatic N) is 1. The van der Waals surface area contributed by atoms with Gasteiger partial charge in [-0.15, -0.1) is 0 Å². The van der Waals surface area contributed by atoms with Gasteiger partial charge < -0.3 is 0 Å². The quantitative estimate of drug-likeness (QED) is 0.806. The fraction of sp³-hybridized carbons (Fsp3) is 0.625. The average molecular weight is 372 g/mol. The summed E-state index contributed by atoms with van der Waals surface area (Å²) in [5.41, 5.74) is 1.05. The van der Waals surface area contributed by atoms with Gasteiger partial charge in [-0.2, -0.15) is 0 Å². The molecule has 21 heavy (non-hydrogen) atoms. The Hall–Kier alpha value is -0.390. The van der Waals surface area contributed by atoms with Crippen molar-refractivity contribution in [2.45, 2.75) is 37.5 Å². The number of sulfonamides is 1. The van der Waals surface area contributed by atoms with Crippen molar-refractivity contribution in [1.82, 2.24) is 4.31 Å². The van der Waals surface area contributed by atoms with Crippen molar-refractivity contribution in [3.63, 3.8) is 0 Å². The third-order valence-corrected chi connectivity index (χ3v) is 7.95. The van der Waals surface area contributed by atoms with Gasteiger partial charge in [-0.1, -0.05) is 12.5 Å². The molecule has 5 heteroatoms. The fourth-order valence-electron chi connectivity index (χ4n) is 4.01. The lowest BCUT2D eigenvalue weighted by Gasteiger charge is -2.27. The van der Waals surface area contributed by atoms with Crippen molar-refractivity contribution < 1.29 is 8.42 Å². The highest BCUT2D eigenvalue weighted by Gasteiger charge is 2.41. The lowest BCUT2D eigenvalue weighted by atomic mass is 9.89. The number of benzene rings is 1. The zero-order valence-corrected chi connectivity index (χ0v) is 15.0. The minimum absolute atomic E-state index is 0.374. The number of fused-ring (bicyclic) bond motifs is 2. The summed E-state index contributed by atoms with van der Waals surface area (Å²) in [6.45, 7) is 2.62. The molecule has 2 aliphatic rings. The van der Waals surface area contributed by atoms with E-state index in [0.29, 0.717) is 21.8 Å². The molecule has 0 heterocycles. The van der Waals surface area contributed by atoms with Gasteiger partial charge in [0.25, 0.3) is 0 Å². The number of aryl methyl sites for hydroxylation is 1. The molecule has 0 saturated heterocycles. The standard InChI is InChI=1S/C16H22BrNO2S/c1-11-3-6-16(15(17)7-11)21(19,20)18(2)10-14-9-12-4-5-13(14)8-12/h3,6-7,12-14H,4-5,8-10H2,1-2H3. The second-order valence-corrected chi connectivity index (χ2v) is 9.52. The Kier molecular flexibility index (Phi) is 4.19. The highest BCUT2D eigenvalue weighted by Crippen LogP contribution is 2.48. The molecule has 1 aromatic carbocycles. The van der Waals surface area contributed by atoms with E-state index in [1.807, 2.05) is 19.1 Å². The molecular weight excluding hydrogens is 350 g/mol. The zero-order chi connectivity index (χ0) is 15.2. The lowest BCUT2D eigenvalue weighted by Crippen LogP contribution is -2.34. The molecule has 2 aliphatic carbocycles. The highest BCUT2D eigenvalue weighted by atomic mass is 79.9. The van der Waals surface area contributed by atoms with E-state index in [1.165, 1.54) is 25.7 Å². The maximum atomic E-state index is 12.8. The van der Waals surface area contributed by atoms with Gasteiger partial charge in [-0.05, 0) is 77.6 Å². The van der Waals surface area contributed by atoms with E-state index in [0.717, 1.165) is 17.4 Å². The van der Waals surface area contributed by atoms with Crippen LogP contribution in [0.5, 0.6) is 0 Å². The summed E-state index contributed by atoms with van der Waals surface area (Å²) >= 11 is 3.39. The van der Waals surface area contributed by atoms with Gasteiger partial charge in [0.15, 0.2) is 0 Å². The first-order valence-electron chi connectivity index (χ1n) is 7.60. The maximum Gasteiger partial charge on any atom is 0.243 e. The van der Waals surface area contributed by atoms with Crippen molar-refractivity contribution in [3.05, 3.63) is 28.2 Å². The van der Waals surface area contributed by atoms with E-state index in [9.17, 15) is 8.42 Å². The molecule has 116 valence electrons. The van der Waals surface area contributed by atoms with Crippen molar-refractivity contribution in [1.29, 1.82) is 0 Å². The monoisotopic (exact) mass is 371 g/mol. The Morgan fingerprint density at radius 2 is 2.05 bits per heavy atom. The number of hydrogen-bond acceptors (Lipinski definition) is 2. The van der Waals surface area contributed by atoms with E-state index in [2.05, 4.69) is 15.9 Å². The van der Waals surface area contributed by atoms with E-state index in [4.69, 9.17) is 0 Å². The van der Waals surface area contributed by atoms with Crippen LogP contribution in [-0.4, -0.2) is 26.3 Å². The van der Waals surface area contributed by atoms with E-state index < -0.39 is 10.0 Å². The number of halogens is 1. The first kappa shape index (κ1) is 15.5. The maximum absolute atomic E-state index is 12.8. The smallest absolute Gasteiger partial charge is 0.207 e. The molecule has 3 nitrogen and oxygen atoms in total. The summed E-state index contributed by atoms with van der Waals surface area (Å²) in [5, 5.41) is 0. The molecule has 0 radical (unpaired) electrons. The van der Waals surface area contributed by atoms with E-state index in [1.54, 1.807) is 17.4 Å². The SMILES string of the molecule is Cc1ccc(S(=O)(=O)N(C)CC2CC3CCC2C3)c(Br)c1. The first-order valence-corrected chi connectivity index (χ1v) is 9.83. The van der Waals surface area contributed by atoms with Crippen LogP contribution in [0.15, 0.2) is 27.6 Å². The minimum atomic E-state index is -3.40. The van der Waals surface area contributed by atoms with Crippen LogP contribution in [-0.2, 0) is 10.0 Å². The summed E-state index contributed by atoms with van der Waals surface area (Å²) in [7, 11) is -1.69. The molecule has 3 unspecified atom stereocenters. The predicted molar refractivity (Wildman–Crippen MR) is 87.6 cm³/mol. The second kappa shape index (κ2) is 5.67. The molecule has 0 amide bonds. The number of hydrogen-bond donors (Lipinski definition) is 0. The van der Waals surface area contributed by atoms with Crippen LogP contribution in [0.25, 0.3) is 0 Å². The Morgan fingerprint density at radius 3 is 2.62 bits per heavy atom. The van der Waals surface area contributed by atoms with Crippen molar-refractivity contribution in [3.8, 4) is 0 Å². The van der Waals surface area contributed by atoms with Gasteiger partial charge in [0.2, 0.25) is 10.0 Å². The number of rotatable bonds is 4. The molecule has 2 bridgehead atoms. The van der Waals surface area contributed by atoms with Gasteiger partial charge in [-0.25, -0.2) is 12.7 Å². The molecule has 2 fully saturated rings. The van der Waals surface area contributed by atoms with Gasteiger partial charge in [0.1, 0.15) is 0 Å². The Morgan fingerprint density at radius 1 is 1.29 bits per heavy atom. The van der Waals surface area contributed by atoms with Crippen LogP contribution in [0.3, 0.4) is 0 Å². The average Bonchev–Trinajstić information content (AvgIpc) is 3.00. The van der Waals surface area contributed by atoms with Crippen molar-refractivity contribution in [2.24, 2.45) is 17.8 Å². The Labute approximate surface area is 135 Å². The van der Waals surface area contributed by atoms with Crippen LogP contribution in [0.2, 0.25) is 0 Å². The zero-order valence-electron chi connectivity index (χ0n) is 12.5. The van der Waals surface area contributed by atoms with Crippen LogP contribution in [0.1, 0.15) is 31.2 Å². The normalized spacial score (nSPS) is 28.5. The summed E-state index contributed by atoms with van der Waals surface area (Å²) in [4.78, 5) is 0.374. The van der Waals surface area contributed by atoms with Crippen LogP contribution < -0.4 is 0 Å². The predicted octanol–water partition coefficient (Wildman–Crippen LogP) is 3.81.